The minimum atomic E-state index is -0.194. The Morgan fingerprint density at radius 1 is 1.28 bits per heavy atom. The van der Waals surface area contributed by atoms with Gasteiger partial charge in [-0.15, -0.1) is 0 Å². The van der Waals surface area contributed by atoms with Gasteiger partial charge in [0.15, 0.2) is 0 Å². The summed E-state index contributed by atoms with van der Waals surface area (Å²) in [5.74, 6) is 0. The van der Waals surface area contributed by atoms with E-state index in [-0.39, 0.29) is 12.6 Å². The van der Waals surface area contributed by atoms with E-state index < -0.39 is 0 Å². The molecule has 0 aliphatic heterocycles. The Morgan fingerprint density at radius 2 is 2.06 bits per heavy atom. The second-order valence-corrected chi connectivity index (χ2v) is 3.83. The fourth-order valence-corrected chi connectivity index (χ4v) is 1.70. The van der Waals surface area contributed by atoms with Crippen molar-refractivity contribution in [3.05, 3.63) is 59.9 Å². The summed E-state index contributed by atoms with van der Waals surface area (Å²) in [6.45, 7) is -0.0196. The number of rotatable bonds is 4. The Hall–Kier alpha value is -2.38. The molecule has 1 unspecified atom stereocenters. The molecule has 0 saturated carbocycles. The predicted octanol–water partition coefficient (Wildman–Crippen LogP) is 2.10. The van der Waals surface area contributed by atoms with E-state index in [1.54, 1.807) is 18.3 Å². The van der Waals surface area contributed by atoms with Crippen LogP contribution in [-0.2, 0) is 0 Å². The van der Waals surface area contributed by atoms with E-state index in [0.29, 0.717) is 5.69 Å². The Bertz CT molecular complexity index is 548. The largest absolute Gasteiger partial charge is 0.394 e. The SMILES string of the molecule is N#Cc1cc(NC(CO)c2ccccc2)ccn1. The summed E-state index contributed by atoms with van der Waals surface area (Å²) >= 11 is 0. The number of nitriles is 1. The van der Waals surface area contributed by atoms with E-state index in [4.69, 9.17) is 5.26 Å². The highest BCUT2D eigenvalue weighted by Gasteiger charge is 2.09. The summed E-state index contributed by atoms with van der Waals surface area (Å²) in [5, 5.41) is 21.4. The number of hydrogen-bond acceptors (Lipinski definition) is 4. The standard InChI is InChI=1S/C14H13N3O/c15-9-13-8-12(6-7-16-13)17-14(10-18)11-4-2-1-3-5-11/h1-8,14,18H,10H2,(H,16,17). The van der Waals surface area contributed by atoms with Gasteiger partial charge in [-0.3, -0.25) is 0 Å². The van der Waals surface area contributed by atoms with Crippen molar-refractivity contribution in [2.24, 2.45) is 0 Å². The van der Waals surface area contributed by atoms with E-state index in [1.165, 1.54) is 0 Å². The normalized spacial score (nSPS) is 11.6. The van der Waals surface area contributed by atoms with E-state index >= 15 is 0 Å². The molecule has 0 aliphatic carbocycles. The number of benzene rings is 1. The number of aliphatic hydroxyl groups is 1. The summed E-state index contributed by atoms with van der Waals surface area (Å²) in [4.78, 5) is 3.90. The quantitative estimate of drug-likeness (QED) is 0.857. The maximum Gasteiger partial charge on any atom is 0.142 e. The van der Waals surface area contributed by atoms with Crippen LogP contribution in [0.3, 0.4) is 0 Å². The zero-order chi connectivity index (χ0) is 12.8. The molecule has 4 heteroatoms. The Balaban J connectivity index is 2.18. The van der Waals surface area contributed by atoms with Crippen LogP contribution in [0.25, 0.3) is 0 Å². The molecule has 0 spiro atoms. The van der Waals surface area contributed by atoms with Gasteiger partial charge in [0.1, 0.15) is 11.8 Å². The predicted molar refractivity (Wildman–Crippen MR) is 68.8 cm³/mol. The Kier molecular flexibility index (Phi) is 3.90. The number of hydrogen-bond donors (Lipinski definition) is 2. The minimum Gasteiger partial charge on any atom is -0.394 e. The molecule has 1 aromatic carbocycles. The third-order valence-electron chi connectivity index (χ3n) is 2.60. The van der Waals surface area contributed by atoms with Crippen LogP contribution < -0.4 is 5.32 Å². The third kappa shape index (κ3) is 2.84. The van der Waals surface area contributed by atoms with Crippen LogP contribution in [0.2, 0.25) is 0 Å². The first-order valence-electron chi connectivity index (χ1n) is 5.62. The highest BCUT2D eigenvalue weighted by Crippen LogP contribution is 2.19. The van der Waals surface area contributed by atoms with Crippen LogP contribution in [0.15, 0.2) is 48.7 Å². The van der Waals surface area contributed by atoms with Gasteiger partial charge < -0.3 is 10.4 Å². The van der Waals surface area contributed by atoms with E-state index in [1.807, 2.05) is 36.4 Å². The van der Waals surface area contributed by atoms with Gasteiger partial charge in [0.05, 0.1) is 12.6 Å². The molecule has 0 amide bonds. The molecular weight excluding hydrogens is 226 g/mol. The van der Waals surface area contributed by atoms with Gasteiger partial charge in [-0.2, -0.15) is 5.26 Å². The molecule has 0 saturated heterocycles. The molecule has 1 aromatic heterocycles. The molecule has 2 rings (SSSR count). The first kappa shape index (κ1) is 12.1. The van der Waals surface area contributed by atoms with Crippen LogP contribution in [0.5, 0.6) is 0 Å². The van der Waals surface area contributed by atoms with Gasteiger partial charge in [0.2, 0.25) is 0 Å². The molecule has 1 atom stereocenters. The van der Waals surface area contributed by atoms with Crippen LogP contribution in [0, 0.1) is 11.3 Å². The number of pyridine rings is 1. The van der Waals surface area contributed by atoms with Gasteiger partial charge in [-0.1, -0.05) is 30.3 Å². The summed E-state index contributed by atoms with van der Waals surface area (Å²) in [5.41, 5.74) is 2.12. The van der Waals surface area contributed by atoms with Crippen LogP contribution >= 0.6 is 0 Å². The number of aromatic nitrogens is 1. The van der Waals surface area contributed by atoms with Crippen LogP contribution in [0.4, 0.5) is 5.69 Å². The fourth-order valence-electron chi connectivity index (χ4n) is 1.70. The minimum absolute atomic E-state index is 0.0196. The molecule has 0 aliphatic rings. The van der Waals surface area contributed by atoms with Gasteiger partial charge in [0, 0.05) is 11.9 Å². The molecule has 0 bridgehead atoms. The zero-order valence-corrected chi connectivity index (χ0v) is 9.74. The molecule has 1 heterocycles. The second kappa shape index (κ2) is 5.80. The third-order valence-corrected chi connectivity index (χ3v) is 2.60. The number of aliphatic hydroxyl groups excluding tert-OH is 1. The van der Waals surface area contributed by atoms with Gasteiger partial charge in [0.25, 0.3) is 0 Å². The lowest BCUT2D eigenvalue weighted by molar-refractivity contribution is 0.276. The highest BCUT2D eigenvalue weighted by molar-refractivity contribution is 5.48. The zero-order valence-electron chi connectivity index (χ0n) is 9.74. The monoisotopic (exact) mass is 239 g/mol. The lowest BCUT2D eigenvalue weighted by Crippen LogP contribution is -2.14. The Morgan fingerprint density at radius 3 is 2.72 bits per heavy atom. The van der Waals surface area contributed by atoms with Crippen molar-refractivity contribution in [3.63, 3.8) is 0 Å². The molecule has 2 N–H and O–H groups in total. The first-order valence-corrected chi connectivity index (χ1v) is 5.62. The van der Waals surface area contributed by atoms with Crippen LogP contribution in [-0.4, -0.2) is 16.7 Å². The van der Waals surface area contributed by atoms with E-state index in [0.717, 1.165) is 11.3 Å². The average molecular weight is 239 g/mol. The molecule has 0 fully saturated rings. The molecular formula is C14H13N3O. The lowest BCUT2D eigenvalue weighted by Gasteiger charge is -2.17. The van der Waals surface area contributed by atoms with Gasteiger partial charge in [-0.25, -0.2) is 4.98 Å². The molecule has 2 aromatic rings. The average Bonchev–Trinajstić information content (AvgIpc) is 2.46. The van der Waals surface area contributed by atoms with Crippen molar-refractivity contribution in [1.82, 2.24) is 4.98 Å². The van der Waals surface area contributed by atoms with Gasteiger partial charge in [-0.05, 0) is 17.7 Å². The molecule has 18 heavy (non-hydrogen) atoms. The first-order chi connectivity index (χ1) is 8.83. The smallest absolute Gasteiger partial charge is 0.142 e. The van der Waals surface area contributed by atoms with E-state index in [2.05, 4.69) is 10.3 Å². The topological polar surface area (TPSA) is 68.9 Å². The number of nitrogens with one attached hydrogen (secondary N) is 1. The van der Waals surface area contributed by atoms with Crippen LogP contribution in [0.1, 0.15) is 17.3 Å². The van der Waals surface area contributed by atoms with E-state index in [9.17, 15) is 5.11 Å². The fraction of sp³-hybridized carbons (Fsp3) is 0.143. The second-order valence-electron chi connectivity index (χ2n) is 3.83. The summed E-state index contributed by atoms with van der Waals surface area (Å²) < 4.78 is 0. The molecule has 4 nitrogen and oxygen atoms in total. The summed E-state index contributed by atoms with van der Waals surface area (Å²) in [6.07, 6.45) is 1.57. The number of anilines is 1. The Labute approximate surface area is 106 Å². The highest BCUT2D eigenvalue weighted by atomic mass is 16.3. The molecule has 0 radical (unpaired) electrons. The molecule has 90 valence electrons. The number of nitrogens with zero attached hydrogens (tertiary/aromatic N) is 2. The van der Waals surface area contributed by atoms with Crippen molar-refractivity contribution in [3.8, 4) is 6.07 Å². The van der Waals surface area contributed by atoms with Crippen molar-refractivity contribution in [1.29, 1.82) is 5.26 Å². The van der Waals surface area contributed by atoms with Crippen molar-refractivity contribution >= 4 is 5.69 Å². The van der Waals surface area contributed by atoms with Gasteiger partial charge >= 0.3 is 0 Å². The van der Waals surface area contributed by atoms with Crippen molar-refractivity contribution < 1.29 is 5.11 Å². The maximum atomic E-state index is 9.42. The van der Waals surface area contributed by atoms with Crippen molar-refractivity contribution in [2.45, 2.75) is 6.04 Å². The van der Waals surface area contributed by atoms with Crippen molar-refractivity contribution in [2.75, 3.05) is 11.9 Å². The summed E-state index contributed by atoms with van der Waals surface area (Å²) in [7, 11) is 0. The summed E-state index contributed by atoms with van der Waals surface area (Å²) in [6, 6.07) is 14.9. The lowest BCUT2D eigenvalue weighted by atomic mass is 10.1. The maximum absolute atomic E-state index is 9.42.